The number of esters is 2. The van der Waals surface area contributed by atoms with Crippen molar-refractivity contribution >= 4 is 11.9 Å². The molecule has 0 amide bonds. The maximum atomic E-state index is 11.0. The second-order valence-corrected chi connectivity index (χ2v) is 5.02. The Morgan fingerprint density at radius 3 is 2.32 bits per heavy atom. The van der Waals surface area contributed by atoms with Crippen molar-refractivity contribution in [2.24, 2.45) is 0 Å². The molecule has 1 unspecified atom stereocenters. The van der Waals surface area contributed by atoms with Crippen LogP contribution in [0.5, 0.6) is 0 Å². The molecule has 4 atom stereocenters. The molecule has 0 spiro atoms. The second-order valence-electron chi connectivity index (χ2n) is 5.02. The fourth-order valence-electron chi connectivity index (χ4n) is 2.23. The molecule has 2 aliphatic rings. The summed E-state index contributed by atoms with van der Waals surface area (Å²) in [6.07, 6.45) is -2.30. The summed E-state index contributed by atoms with van der Waals surface area (Å²) < 4.78 is 26.8. The zero-order valence-corrected chi connectivity index (χ0v) is 11.4. The molecule has 0 bridgehead atoms. The van der Waals surface area contributed by atoms with E-state index in [1.54, 1.807) is 13.8 Å². The molecule has 2 heterocycles. The number of ether oxygens (including phenoxy) is 5. The van der Waals surface area contributed by atoms with Gasteiger partial charge < -0.3 is 23.7 Å². The van der Waals surface area contributed by atoms with Gasteiger partial charge in [0.1, 0.15) is 18.8 Å². The van der Waals surface area contributed by atoms with Crippen LogP contribution in [-0.4, -0.2) is 48.9 Å². The Morgan fingerprint density at radius 1 is 1.11 bits per heavy atom. The van der Waals surface area contributed by atoms with Crippen molar-refractivity contribution in [1.29, 1.82) is 0 Å². The van der Waals surface area contributed by atoms with E-state index >= 15 is 0 Å². The zero-order valence-electron chi connectivity index (χ0n) is 11.4. The molecule has 0 aromatic carbocycles. The third kappa shape index (κ3) is 3.23. The lowest BCUT2D eigenvalue weighted by Gasteiger charge is -2.23. The Balaban J connectivity index is 2.05. The van der Waals surface area contributed by atoms with Gasteiger partial charge in [-0.05, 0) is 13.8 Å². The fourth-order valence-corrected chi connectivity index (χ4v) is 2.23. The van der Waals surface area contributed by atoms with Gasteiger partial charge in [0, 0.05) is 13.8 Å². The van der Waals surface area contributed by atoms with Crippen molar-refractivity contribution in [2.75, 3.05) is 6.61 Å². The third-order valence-electron chi connectivity index (χ3n) is 2.84. The summed E-state index contributed by atoms with van der Waals surface area (Å²) in [6.45, 7) is 6.16. The molecule has 0 saturated carbocycles. The molecule has 2 fully saturated rings. The van der Waals surface area contributed by atoms with E-state index in [1.807, 2.05) is 0 Å². The van der Waals surface area contributed by atoms with Gasteiger partial charge in [-0.1, -0.05) is 0 Å². The Morgan fingerprint density at radius 2 is 1.74 bits per heavy atom. The van der Waals surface area contributed by atoms with Crippen LogP contribution in [0.25, 0.3) is 0 Å². The van der Waals surface area contributed by atoms with Gasteiger partial charge in [-0.25, -0.2) is 0 Å². The second kappa shape index (κ2) is 5.07. The van der Waals surface area contributed by atoms with Crippen molar-refractivity contribution in [3.05, 3.63) is 0 Å². The van der Waals surface area contributed by atoms with E-state index in [2.05, 4.69) is 0 Å². The minimum Gasteiger partial charge on any atom is -0.463 e. The quantitative estimate of drug-likeness (QED) is 0.687. The number of carbonyl (C=O) groups excluding carboxylic acids is 2. The third-order valence-corrected chi connectivity index (χ3v) is 2.84. The lowest BCUT2D eigenvalue weighted by atomic mass is 10.1. The number of hydrogen-bond acceptors (Lipinski definition) is 7. The molecular weight excluding hydrogens is 256 g/mol. The largest absolute Gasteiger partial charge is 0.463 e. The van der Waals surface area contributed by atoms with E-state index in [0.29, 0.717) is 0 Å². The Kier molecular flexibility index (Phi) is 3.80. The first kappa shape index (κ1) is 14.2. The van der Waals surface area contributed by atoms with Gasteiger partial charge in [0.05, 0.1) is 0 Å². The molecule has 0 aromatic heterocycles. The number of hydrogen-bond donors (Lipinski definition) is 0. The highest BCUT2D eigenvalue weighted by molar-refractivity contribution is 5.66. The van der Waals surface area contributed by atoms with E-state index in [1.165, 1.54) is 13.8 Å². The van der Waals surface area contributed by atoms with E-state index in [9.17, 15) is 9.59 Å². The van der Waals surface area contributed by atoms with Crippen LogP contribution < -0.4 is 0 Å². The summed E-state index contributed by atoms with van der Waals surface area (Å²) in [6, 6.07) is 0. The molecule has 19 heavy (non-hydrogen) atoms. The predicted octanol–water partition coefficient (Wildman–Crippen LogP) is 0.358. The maximum absolute atomic E-state index is 11.0. The summed E-state index contributed by atoms with van der Waals surface area (Å²) in [5, 5.41) is 0. The van der Waals surface area contributed by atoms with Crippen LogP contribution in [0.1, 0.15) is 27.7 Å². The monoisotopic (exact) mass is 274 g/mol. The van der Waals surface area contributed by atoms with Crippen molar-refractivity contribution in [3.8, 4) is 0 Å². The van der Waals surface area contributed by atoms with Gasteiger partial charge in [0.15, 0.2) is 11.9 Å². The molecule has 2 rings (SSSR count). The van der Waals surface area contributed by atoms with Gasteiger partial charge in [-0.2, -0.15) is 0 Å². The molecular formula is C12H18O7. The van der Waals surface area contributed by atoms with Crippen LogP contribution >= 0.6 is 0 Å². The molecule has 7 heteroatoms. The van der Waals surface area contributed by atoms with Crippen LogP contribution in [0, 0.1) is 0 Å². The van der Waals surface area contributed by atoms with Crippen molar-refractivity contribution in [2.45, 2.75) is 58.1 Å². The van der Waals surface area contributed by atoms with Crippen molar-refractivity contribution < 1.29 is 33.3 Å². The number of carbonyl (C=O) groups is 2. The first-order valence-corrected chi connectivity index (χ1v) is 6.10. The van der Waals surface area contributed by atoms with Crippen LogP contribution in [-0.2, 0) is 33.3 Å². The first-order valence-electron chi connectivity index (χ1n) is 6.10. The van der Waals surface area contributed by atoms with Crippen LogP contribution in [0.2, 0.25) is 0 Å². The lowest BCUT2D eigenvalue weighted by molar-refractivity contribution is -0.234. The van der Waals surface area contributed by atoms with Crippen molar-refractivity contribution in [3.63, 3.8) is 0 Å². The Hall–Kier alpha value is -1.18. The summed E-state index contributed by atoms with van der Waals surface area (Å²) >= 11 is 0. The predicted molar refractivity (Wildman–Crippen MR) is 60.9 cm³/mol. The van der Waals surface area contributed by atoms with Gasteiger partial charge in [-0.15, -0.1) is 0 Å². The Labute approximate surface area is 111 Å². The van der Waals surface area contributed by atoms with Gasteiger partial charge in [0.25, 0.3) is 0 Å². The smallest absolute Gasteiger partial charge is 0.305 e. The van der Waals surface area contributed by atoms with E-state index in [-0.39, 0.29) is 6.61 Å². The topological polar surface area (TPSA) is 80.3 Å². The summed E-state index contributed by atoms with van der Waals surface area (Å²) in [5.41, 5.74) is 0. The average molecular weight is 274 g/mol. The van der Waals surface area contributed by atoms with E-state index in [0.717, 1.165) is 0 Å². The average Bonchev–Trinajstić information content (AvgIpc) is 2.70. The summed E-state index contributed by atoms with van der Waals surface area (Å²) in [4.78, 5) is 21.9. The first-order chi connectivity index (χ1) is 8.78. The van der Waals surface area contributed by atoms with Gasteiger partial charge >= 0.3 is 11.9 Å². The van der Waals surface area contributed by atoms with Gasteiger partial charge in [-0.3, -0.25) is 9.59 Å². The zero-order chi connectivity index (χ0) is 14.2. The SMILES string of the molecule is CC(=O)OC[C@@H]1OC(OC(C)=O)[C@H]2OC(C)(C)O[C@@H]12. The normalized spacial score (nSPS) is 35.8. The molecule has 108 valence electrons. The molecule has 0 N–H and O–H groups in total. The standard InChI is InChI=1S/C12H18O7/c1-6(13)15-5-8-9-10(19-12(3,4)18-9)11(17-8)16-7(2)14/h8-11H,5H2,1-4H3/t8-,9-,10-,11?/m0/s1. The van der Waals surface area contributed by atoms with Crippen LogP contribution in [0.15, 0.2) is 0 Å². The molecule has 0 aliphatic carbocycles. The highest BCUT2D eigenvalue weighted by atomic mass is 16.8. The van der Waals surface area contributed by atoms with E-state index < -0.39 is 42.3 Å². The number of rotatable bonds is 3. The highest BCUT2D eigenvalue weighted by Gasteiger charge is 2.56. The minimum absolute atomic E-state index is 0.0354. The molecule has 7 nitrogen and oxygen atoms in total. The number of fused-ring (bicyclic) bond motifs is 1. The fraction of sp³-hybridized carbons (Fsp3) is 0.833. The van der Waals surface area contributed by atoms with Gasteiger partial charge in [0.2, 0.25) is 6.29 Å². The highest BCUT2D eigenvalue weighted by Crippen LogP contribution is 2.39. The summed E-state index contributed by atoms with van der Waals surface area (Å²) in [5.74, 6) is -1.66. The maximum Gasteiger partial charge on any atom is 0.305 e. The van der Waals surface area contributed by atoms with E-state index in [4.69, 9.17) is 23.7 Å². The lowest BCUT2D eigenvalue weighted by Crippen LogP contribution is -2.33. The van der Waals surface area contributed by atoms with Crippen LogP contribution in [0.4, 0.5) is 0 Å². The molecule has 2 aliphatic heterocycles. The van der Waals surface area contributed by atoms with Crippen LogP contribution in [0.3, 0.4) is 0 Å². The summed E-state index contributed by atoms with van der Waals surface area (Å²) in [7, 11) is 0. The van der Waals surface area contributed by atoms with Crippen molar-refractivity contribution in [1.82, 2.24) is 0 Å². The molecule has 2 saturated heterocycles. The Bertz CT molecular complexity index is 378. The minimum atomic E-state index is -0.843. The molecule has 0 aromatic rings. The molecule has 0 radical (unpaired) electrons.